The Bertz CT molecular complexity index is 826. The van der Waals surface area contributed by atoms with Crippen LogP contribution in [0.1, 0.15) is 26.7 Å². The Morgan fingerprint density at radius 1 is 0.800 bits per heavy atom. The van der Waals surface area contributed by atoms with Crippen molar-refractivity contribution in [2.24, 2.45) is 0 Å². The summed E-state index contributed by atoms with van der Waals surface area (Å²) >= 11 is 7.33. The molecule has 0 spiro atoms. The lowest BCUT2D eigenvalue weighted by atomic mass is 9.79. The lowest BCUT2D eigenvalue weighted by molar-refractivity contribution is 0.0244. The molecule has 4 rings (SSSR count). The molecule has 158 valence electrons. The van der Waals surface area contributed by atoms with Crippen LogP contribution in [0.2, 0.25) is 0 Å². The van der Waals surface area contributed by atoms with Crippen LogP contribution in [-0.2, 0) is 18.6 Å². The summed E-state index contributed by atoms with van der Waals surface area (Å²) in [5, 5.41) is 1.40. The van der Waals surface area contributed by atoms with Crippen molar-refractivity contribution in [2.45, 2.75) is 50.1 Å². The van der Waals surface area contributed by atoms with Gasteiger partial charge in [-0.2, -0.15) is 0 Å². The van der Waals surface area contributed by atoms with Gasteiger partial charge in [-0.1, -0.05) is 92.5 Å². The predicted molar refractivity (Wildman–Crippen MR) is 129 cm³/mol. The van der Waals surface area contributed by atoms with Gasteiger partial charge in [-0.15, -0.1) is 0 Å². The summed E-state index contributed by atoms with van der Waals surface area (Å²) in [5.74, 6) is 0. The number of hydrogen-bond acceptors (Lipinski definition) is 4. The first-order valence-electron chi connectivity index (χ1n) is 10.4. The van der Waals surface area contributed by atoms with E-state index in [9.17, 15) is 0 Å². The van der Waals surface area contributed by atoms with E-state index in [0.717, 1.165) is 23.8 Å². The summed E-state index contributed by atoms with van der Waals surface area (Å²) < 4.78 is 25.4. The van der Waals surface area contributed by atoms with E-state index in [1.54, 1.807) is 0 Å². The van der Waals surface area contributed by atoms with Crippen LogP contribution in [0, 0.1) is 0 Å². The van der Waals surface area contributed by atoms with Crippen LogP contribution in [0.15, 0.2) is 60.7 Å². The Kier molecular flexibility index (Phi) is 7.12. The first-order valence-corrected chi connectivity index (χ1v) is 12.6. The number of hydrogen-bond donors (Lipinski definition) is 0. The van der Waals surface area contributed by atoms with Crippen molar-refractivity contribution in [2.75, 3.05) is 10.7 Å². The van der Waals surface area contributed by atoms with Crippen LogP contribution >= 0.6 is 31.9 Å². The Labute approximate surface area is 196 Å². The summed E-state index contributed by atoms with van der Waals surface area (Å²) in [6, 6.07) is 20.2. The summed E-state index contributed by atoms with van der Waals surface area (Å²) in [5.41, 5.74) is 1.27. The van der Waals surface area contributed by atoms with Crippen LogP contribution in [0.5, 0.6) is 0 Å². The maximum absolute atomic E-state index is 6.53. The standard InChI is InChI=1S/C22H26B2Br2O4/c1-21(2)19(27-23(29-21)17-9-5-3-6-10-17)13-14-22(16-26)20(15-25)28-24(30-22)18-11-7-4-8-12-18/h3-12,19-20H,13-16H2,1-2H3/t19-,20+,22+/m1/s1. The Balaban J connectivity index is 1.46. The van der Waals surface area contributed by atoms with Crippen molar-refractivity contribution in [3.05, 3.63) is 60.7 Å². The quantitative estimate of drug-likeness (QED) is 0.400. The van der Waals surface area contributed by atoms with Crippen molar-refractivity contribution in [3.63, 3.8) is 0 Å². The number of halogens is 2. The Hall–Kier alpha value is -0.630. The zero-order valence-electron chi connectivity index (χ0n) is 17.3. The summed E-state index contributed by atoms with van der Waals surface area (Å²) in [4.78, 5) is 0. The van der Waals surface area contributed by atoms with E-state index in [4.69, 9.17) is 18.6 Å². The molecule has 2 fully saturated rings. The van der Waals surface area contributed by atoms with Gasteiger partial charge < -0.3 is 18.6 Å². The molecule has 8 heteroatoms. The average Bonchev–Trinajstić information content (AvgIpc) is 3.30. The smallest absolute Gasteiger partial charge is 0.402 e. The third-order valence-electron chi connectivity index (χ3n) is 6.03. The molecule has 2 heterocycles. The van der Waals surface area contributed by atoms with Crippen molar-refractivity contribution in [1.29, 1.82) is 0 Å². The minimum absolute atomic E-state index is 0.0334. The third-order valence-corrected chi connectivity index (χ3v) is 7.57. The third kappa shape index (κ3) is 4.59. The van der Waals surface area contributed by atoms with E-state index in [0.29, 0.717) is 10.7 Å². The zero-order chi connectivity index (χ0) is 21.2. The highest BCUT2D eigenvalue weighted by Gasteiger charge is 2.53. The monoisotopic (exact) mass is 534 g/mol. The summed E-state index contributed by atoms with van der Waals surface area (Å²) in [6.07, 6.45) is 1.53. The van der Waals surface area contributed by atoms with Gasteiger partial charge in [-0.3, -0.25) is 0 Å². The van der Waals surface area contributed by atoms with E-state index >= 15 is 0 Å². The number of rotatable bonds is 7. The molecule has 4 nitrogen and oxygen atoms in total. The van der Waals surface area contributed by atoms with E-state index in [-0.39, 0.29) is 32.0 Å². The van der Waals surface area contributed by atoms with E-state index in [1.807, 2.05) is 60.7 Å². The fourth-order valence-corrected chi connectivity index (χ4v) is 5.68. The predicted octanol–water partition coefficient (Wildman–Crippen LogP) is 3.70. The van der Waals surface area contributed by atoms with Gasteiger partial charge in [0, 0.05) is 10.7 Å². The van der Waals surface area contributed by atoms with E-state index in [2.05, 4.69) is 45.7 Å². The van der Waals surface area contributed by atoms with Gasteiger partial charge in [-0.25, -0.2) is 0 Å². The molecule has 0 bridgehead atoms. The maximum atomic E-state index is 6.53. The summed E-state index contributed by atoms with van der Waals surface area (Å²) in [7, 11) is -0.701. The molecule has 0 radical (unpaired) electrons. The lowest BCUT2D eigenvalue weighted by Crippen LogP contribution is -2.45. The molecule has 0 N–H and O–H groups in total. The minimum Gasteiger partial charge on any atom is -0.402 e. The van der Waals surface area contributed by atoms with Gasteiger partial charge in [0.1, 0.15) is 0 Å². The molecule has 2 aliphatic rings. The Morgan fingerprint density at radius 3 is 1.87 bits per heavy atom. The fourth-order valence-electron chi connectivity index (χ4n) is 4.17. The summed E-state index contributed by atoms with van der Waals surface area (Å²) in [6.45, 7) is 4.20. The van der Waals surface area contributed by atoms with Crippen LogP contribution in [0.3, 0.4) is 0 Å². The van der Waals surface area contributed by atoms with Crippen molar-refractivity contribution in [1.82, 2.24) is 0 Å². The molecule has 0 aliphatic carbocycles. The van der Waals surface area contributed by atoms with Crippen molar-refractivity contribution >= 4 is 57.0 Å². The van der Waals surface area contributed by atoms with Gasteiger partial charge in [0.15, 0.2) is 0 Å². The molecular weight excluding hydrogens is 510 g/mol. The van der Waals surface area contributed by atoms with Crippen LogP contribution in [0.25, 0.3) is 0 Å². The highest BCUT2D eigenvalue weighted by molar-refractivity contribution is 9.09. The highest BCUT2D eigenvalue weighted by atomic mass is 79.9. The van der Waals surface area contributed by atoms with Gasteiger partial charge in [-0.05, 0) is 37.6 Å². The van der Waals surface area contributed by atoms with Crippen LogP contribution in [0.4, 0.5) is 0 Å². The topological polar surface area (TPSA) is 36.9 Å². The molecule has 2 aliphatic heterocycles. The van der Waals surface area contributed by atoms with Gasteiger partial charge in [0.2, 0.25) is 0 Å². The molecule has 30 heavy (non-hydrogen) atoms. The van der Waals surface area contributed by atoms with Crippen molar-refractivity contribution < 1.29 is 18.6 Å². The number of benzene rings is 2. The molecule has 0 unspecified atom stereocenters. The first-order chi connectivity index (χ1) is 14.5. The van der Waals surface area contributed by atoms with E-state index in [1.165, 1.54) is 0 Å². The van der Waals surface area contributed by atoms with E-state index < -0.39 is 5.60 Å². The molecule has 0 amide bonds. The maximum Gasteiger partial charge on any atom is 0.494 e. The Morgan fingerprint density at radius 2 is 1.33 bits per heavy atom. The SMILES string of the molecule is CC1(C)OB(c2ccccc2)O[C@@H]1CC[C@@]1(CBr)OB(c2ccccc2)O[C@H]1CBr. The second-order valence-electron chi connectivity index (χ2n) is 8.47. The van der Waals surface area contributed by atoms with Crippen LogP contribution < -0.4 is 10.9 Å². The van der Waals surface area contributed by atoms with Crippen molar-refractivity contribution in [3.8, 4) is 0 Å². The second-order valence-corrected chi connectivity index (χ2v) is 9.67. The molecular formula is C22H26B2Br2O4. The largest absolute Gasteiger partial charge is 0.494 e. The number of alkyl halides is 2. The molecule has 2 aromatic carbocycles. The molecule has 0 saturated carbocycles. The van der Waals surface area contributed by atoms with Crippen LogP contribution in [-0.4, -0.2) is 48.3 Å². The normalized spacial score (nSPS) is 28.3. The average molecular weight is 536 g/mol. The second kappa shape index (κ2) is 9.47. The highest BCUT2D eigenvalue weighted by Crippen LogP contribution is 2.39. The minimum atomic E-state index is -0.436. The van der Waals surface area contributed by atoms with Gasteiger partial charge in [0.25, 0.3) is 0 Å². The molecule has 2 saturated heterocycles. The molecule has 0 aromatic heterocycles. The lowest BCUT2D eigenvalue weighted by Gasteiger charge is -2.34. The fraction of sp³-hybridized carbons (Fsp3) is 0.455. The zero-order valence-corrected chi connectivity index (χ0v) is 20.5. The molecule has 3 atom stereocenters. The molecule has 2 aromatic rings. The first kappa shape index (κ1) is 22.6. The van der Waals surface area contributed by atoms with Gasteiger partial charge >= 0.3 is 14.2 Å². The van der Waals surface area contributed by atoms with Gasteiger partial charge in [0.05, 0.1) is 23.4 Å².